The maximum atomic E-state index is 11.0. The molecule has 1 unspecified atom stereocenters. The maximum Gasteiger partial charge on any atom is 0.313 e. The van der Waals surface area contributed by atoms with Crippen molar-refractivity contribution < 1.29 is 9.66 Å². The number of halogens is 2. The van der Waals surface area contributed by atoms with Crippen molar-refractivity contribution in [3.8, 4) is 11.8 Å². The Balaban J connectivity index is 3.09. The SMILES string of the molecule is CC(CBr)COc1c(I)cc(C#N)cc1[N+](=O)[O-]. The number of alkyl halides is 1. The van der Waals surface area contributed by atoms with Crippen molar-refractivity contribution in [3.63, 3.8) is 0 Å². The fourth-order valence-electron chi connectivity index (χ4n) is 1.19. The molecular formula is C11H10BrIN2O3. The van der Waals surface area contributed by atoms with E-state index in [9.17, 15) is 10.1 Å². The second kappa shape index (κ2) is 6.89. The molecule has 0 N–H and O–H groups in total. The summed E-state index contributed by atoms with van der Waals surface area (Å²) in [6.07, 6.45) is 0. The summed E-state index contributed by atoms with van der Waals surface area (Å²) in [5.41, 5.74) is 0.0900. The van der Waals surface area contributed by atoms with Gasteiger partial charge in [-0.25, -0.2) is 0 Å². The lowest BCUT2D eigenvalue weighted by atomic mass is 10.2. The predicted octanol–water partition coefficient (Wildman–Crippen LogP) is 3.48. The number of nitriles is 1. The minimum Gasteiger partial charge on any atom is -0.486 e. The van der Waals surface area contributed by atoms with E-state index in [-0.39, 0.29) is 22.9 Å². The Morgan fingerprint density at radius 1 is 1.67 bits per heavy atom. The Morgan fingerprint density at radius 2 is 2.33 bits per heavy atom. The smallest absolute Gasteiger partial charge is 0.313 e. The van der Waals surface area contributed by atoms with Gasteiger partial charge in [0, 0.05) is 11.4 Å². The lowest BCUT2D eigenvalue weighted by Gasteiger charge is -2.12. The molecule has 1 aromatic carbocycles. The Hall–Kier alpha value is -0.880. The van der Waals surface area contributed by atoms with Gasteiger partial charge in [0.15, 0.2) is 0 Å². The molecule has 0 aliphatic carbocycles. The molecule has 1 aromatic rings. The monoisotopic (exact) mass is 424 g/mol. The van der Waals surface area contributed by atoms with Crippen LogP contribution in [0.3, 0.4) is 0 Å². The van der Waals surface area contributed by atoms with Gasteiger partial charge in [0.2, 0.25) is 5.75 Å². The van der Waals surface area contributed by atoms with Gasteiger partial charge in [0.1, 0.15) is 0 Å². The zero-order valence-electron chi connectivity index (χ0n) is 9.52. The number of nitrogens with zero attached hydrogens (tertiary/aromatic N) is 2. The number of nitro groups is 1. The van der Waals surface area contributed by atoms with Crippen molar-refractivity contribution in [2.45, 2.75) is 6.92 Å². The minimum atomic E-state index is -0.531. The van der Waals surface area contributed by atoms with Crippen LogP contribution >= 0.6 is 38.5 Å². The molecule has 1 atom stereocenters. The first-order valence-corrected chi connectivity index (χ1v) is 7.26. The van der Waals surface area contributed by atoms with E-state index in [1.54, 1.807) is 6.07 Å². The molecule has 0 heterocycles. The largest absolute Gasteiger partial charge is 0.486 e. The van der Waals surface area contributed by atoms with E-state index in [1.165, 1.54) is 6.07 Å². The van der Waals surface area contributed by atoms with Crippen molar-refractivity contribution in [2.24, 2.45) is 5.92 Å². The molecule has 0 radical (unpaired) electrons. The number of hydrogen-bond donors (Lipinski definition) is 0. The number of benzene rings is 1. The zero-order chi connectivity index (χ0) is 13.7. The first kappa shape index (κ1) is 15.2. The fourth-order valence-corrected chi connectivity index (χ4v) is 2.15. The molecule has 0 aromatic heterocycles. The highest BCUT2D eigenvalue weighted by Gasteiger charge is 2.20. The topological polar surface area (TPSA) is 76.2 Å². The van der Waals surface area contributed by atoms with Crippen LogP contribution in [0.15, 0.2) is 12.1 Å². The van der Waals surface area contributed by atoms with Crippen molar-refractivity contribution >= 4 is 44.2 Å². The van der Waals surface area contributed by atoms with E-state index >= 15 is 0 Å². The summed E-state index contributed by atoms with van der Waals surface area (Å²) >= 11 is 5.25. The van der Waals surface area contributed by atoms with Gasteiger partial charge < -0.3 is 4.74 Å². The van der Waals surface area contributed by atoms with Gasteiger partial charge in [-0.2, -0.15) is 5.26 Å². The summed E-state index contributed by atoms with van der Waals surface area (Å²) in [6.45, 7) is 2.35. The molecular weight excluding hydrogens is 415 g/mol. The first-order chi connectivity index (χ1) is 8.49. The summed E-state index contributed by atoms with van der Waals surface area (Å²) in [5, 5.41) is 20.5. The highest BCUT2D eigenvalue weighted by molar-refractivity contribution is 14.1. The number of hydrogen-bond acceptors (Lipinski definition) is 4. The molecule has 0 saturated heterocycles. The molecule has 7 heteroatoms. The van der Waals surface area contributed by atoms with E-state index < -0.39 is 4.92 Å². The highest BCUT2D eigenvalue weighted by Crippen LogP contribution is 2.33. The van der Waals surface area contributed by atoms with Crippen molar-refractivity contribution in [3.05, 3.63) is 31.4 Å². The van der Waals surface area contributed by atoms with E-state index in [0.717, 1.165) is 5.33 Å². The molecule has 0 fully saturated rings. The Labute approximate surface area is 127 Å². The fraction of sp³-hybridized carbons (Fsp3) is 0.364. The average molecular weight is 425 g/mol. The predicted molar refractivity (Wildman–Crippen MR) is 79.0 cm³/mol. The second-order valence-corrected chi connectivity index (χ2v) is 5.56. The second-order valence-electron chi connectivity index (χ2n) is 3.75. The van der Waals surface area contributed by atoms with Gasteiger partial charge in [-0.3, -0.25) is 10.1 Å². The Morgan fingerprint density at radius 3 is 2.83 bits per heavy atom. The zero-order valence-corrected chi connectivity index (χ0v) is 13.3. The molecule has 1 rings (SSSR count). The van der Waals surface area contributed by atoms with Crippen LogP contribution in [0, 0.1) is 30.9 Å². The summed E-state index contributed by atoms with van der Waals surface area (Å²) in [4.78, 5) is 10.4. The molecule has 0 saturated carbocycles. The minimum absolute atomic E-state index is 0.166. The van der Waals surface area contributed by atoms with Crippen LogP contribution in [0.25, 0.3) is 0 Å². The van der Waals surface area contributed by atoms with Crippen LogP contribution in [0.2, 0.25) is 0 Å². The lowest BCUT2D eigenvalue weighted by molar-refractivity contribution is -0.386. The molecule has 5 nitrogen and oxygen atoms in total. The van der Waals surface area contributed by atoms with Crippen LogP contribution in [0.1, 0.15) is 12.5 Å². The summed E-state index contributed by atoms with van der Waals surface area (Å²) in [6, 6.07) is 4.70. The van der Waals surface area contributed by atoms with Gasteiger partial charge in [0.05, 0.1) is 26.7 Å². The third-order valence-corrected chi connectivity index (χ3v) is 4.03. The Bertz CT molecular complexity index is 502. The maximum absolute atomic E-state index is 11.0. The van der Waals surface area contributed by atoms with Crippen LogP contribution < -0.4 is 4.74 Å². The van der Waals surface area contributed by atoms with Crippen LogP contribution in [0.4, 0.5) is 5.69 Å². The molecule has 0 amide bonds. The molecule has 0 spiro atoms. The van der Waals surface area contributed by atoms with Gasteiger partial charge in [0.25, 0.3) is 0 Å². The standard InChI is InChI=1S/C11H10BrIN2O3/c1-7(4-12)6-18-11-9(13)2-8(5-14)3-10(11)15(16)17/h2-3,7H,4,6H2,1H3. The molecule has 18 heavy (non-hydrogen) atoms. The first-order valence-electron chi connectivity index (χ1n) is 5.06. The van der Waals surface area contributed by atoms with Crippen molar-refractivity contribution in [2.75, 3.05) is 11.9 Å². The summed E-state index contributed by atoms with van der Waals surface area (Å²) in [5.74, 6) is 0.475. The third kappa shape index (κ3) is 3.81. The summed E-state index contributed by atoms with van der Waals surface area (Å²) < 4.78 is 6.06. The van der Waals surface area contributed by atoms with Crippen LogP contribution in [0.5, 0.6) is 5.75 Å². The van der Waals surface area contributed by atoms with Crippen molar-refractivity contribution in [1.29, 1.82) is 5.26 Å². The van der Waals surface area contributed by atoms with Gasteiger partial charge in [-0.05, 0) is 34.6 Å². The highest BCUT2D eigenvalue weighted by atomic mass is 127. The van der Waals surface area contributed by atoms with Gasteiger partial charge in [-0.15, -0.1) is 0 Å². The van der Waals surface area contributed by atoms with E-state index in [4.69, 9.17) is 10.00 Å². The van der Waals surface area contributed by atoms with Crippen molar-refractivity contribution in [1.82, 2.24) is 0 Å². The average Bonchev–Trinajstić information content (AvgIpc) is 2.35. The van der Waals surface area contributed by atoms with E-state index in [2.05, 4.69) is 15.9 Å². The van der Waals surface area contributed by atoms with E-state index in [0.29, 0.717) is 10.2 Å². The lowest BCUT2D eigenvalue weighted by Crippen LogP contribution is -2.11. The molecule has 0 aliphatic heterocycles. The normalized spacial score (nSPS) is 11.7. The van der Waals surface area contributed by atoms with Crippen LogP contribution in [-0.4, -0.2) is 16.9 Å². The molecule has 0 bridgehead atoms. The van der Waals surface area contributed by atoms with Gasteiger partial charge >= 0.3 is 5.69 Å². The Kier molecular flexibility index (Phi) is 5.81. The summed E-state index contributed by atoms with van der Waals surface area (Å²) in [7, 11) is 0. The number of rotatable bonds is 5. The van der Waals surface area contributed by atoms with E-state index in [1.807, 2.05) is 35.6 Å². The molecule has 96 valence electrons. The quantitative estimate of drug-likeness (QED) is 0.314. The third-order valence-electron chi connectivity index (χ3n) is 2.13. The number of nitro benzene ring substituents is 1. The van der Waals surface area contributed by atoms with Crippen LogP contribution in [-0.2, 0) is 0 Å². The van der Waals surface area contributed by atoms with Gasteiger partial charge in [-0.1, -0.05) is 22.9 Å². The molecule has 0 aliphatic rings. The number of ether oxygens (including phenoxy) is 1.